The number of rotatable bonds is 2. The third kappa shape index (κ3) is 12.2. The molecule has 0 aliphatic rings. The predicted octanol–water partition coefficient (Wildman–Crippen LogP) is -1.63. The second kappa shape index (κ2) is 4.68. The SMILES string of the molecule is CN(C)CC(C)(C)S.[H-].[Li+]. The molecule has 3 heteroatoms. The van der Waals surface area contributed by atoms with Gasteiger partial charge in [0.15, 0.2) is 0 Å². The monoisotopic (exact) mass is 141 g/mol. The van der Waals surface area contributed by atoms with Gasteiger partial charge >= 0.3 is 18.9 Å². The molecule has 0 saturated carbocycles. The molecule has 0 heterocycles. The molecule has 0 radical (unpaired) electrons. The van der Waals surface area contributed by atoms with Crippen LogP contribution in [0.2, 0.25) is 0 Å². The summed E-state index contributed by atoms with van der Waals surface area (Å²) >= 11 is 4.35. The van der Waals surface area contributed by atoms with Crippen LogP contribution in [0.3, 0.4) is 0 Å². The van der Waals surface area contributed by atoms with Crippen LogP contribution in [0.1, 0.15) is 15.3 Å². The van der Waals surface area contributed by atoms with Crippen LogP contribution >= 0.6 is 12.6 Å². The van der Waals surface area contributed by atoms with Crippen molar-refractivity contribution in [2.75, 3.05) is 20.6 Å². The minimum absolute atomic E-state index is 0. The Bertz CT molecular complexity index is 72.6. The topological polar surface area (TPSA) is 3.24 Å². The molecular formula is C6H16LiNS. The van der Waals surface area contributed by atoms with E-state index < -0.39 is 0 Å². The van der Waals surface area contributed by atoms with Gasteiger partial charge in [-0.2, -0.15) is 12.6 Å². The molecule has 0 spiro atoms. The van der Waals surface area contributed by atoms with Crippen LogP contribution in [0.15, 0.2) is 0 Å². The summed E-state index contributed by atoms with van der Waals surface area (Å²) in [6.07, 6.45) is 0. The Labute approximate surface area is 77.3 Å². The van der Waals surface area contributed by atoms with Gasteiger partial charge < -0.3 is 6.33 Å². The van der Waals surface area contributed by atoms with Crippen LogP contribution in [0.5, 0.6) is 0 Å². The molecule has 0 atom stereocenters. The van der Waals surface area contributed by atoms with Crippen molar-refractivity contribution >= 4 is 12.6 Å². The zero-order chi connectivity index (χ0) is 6.78. The van der Waals surface area contributed by atoms with Crippen molar-refractivity contribution in [2.24, 2.45) is 0 Å². The second-order valence-electron chi connectivity index (χ2n) is 3.05. The largest absolute Gasteiger partial charge is 1.00 e. The van der Waals surface area contributed by atoms with E-state index in [9.17, 15) is 0 Å². The maximum atomic E-state index is 4.35. The Kier molecular flexibility index (Phi) is 6.54. The molecule has 0 aromatic carbocycles. The first-order valence-electron chi connectivity index (χ1n) is 2.79. The van der Waals surface area contributed by atoms with Gasteiger partial charge in [-0.15, -0.1) is 0 Å². The van der Waals surface area contributed by atoms with Gasteiger partial charge in [0, 0.05) is 11.3 Å². The van der Waals surface area contributed by atoms with Crippen molar-refractivity contribution in [3.8, 4) is 0 Å². The average molecular weight is 141 g/mol. The molecule has 0 bridgehead atoms. The van der Waals surface area contributed by atoms with Crippen LogP contribution in [0.4, 0.5) is 0 Å². The van der Waals surface area contributed by atoms with E-state index in [0.717, 1.165) is 6.54 Å². The maximum absolute atomic E-state index is 4.35. The Balaban J connectivity index is -0.000000245. The van der Waals surface area contributed by atoms with Gasteiger partial charge in [-0.3, -0.25) is 0 Å². The molecular weight excluding hydrogens is 125 g/mol. The fourth-order valence-corrected chi connectivity index (χ4v) is 1.06. The Morgan fingerprint density at radius 3 is 1.78 bits per heavy atom. The normalized spacial score (nSPS) is 11.3. The first-order chi connectivity index (χ1) is 3.42. The Hall–Kier alpha value is 0.907. The summed E-state index contributed by atoms with van der Waals surface area (Å²) in [5, 5.41) is 0. The van der Waals surface area contributed by atoms with Gasteiger partial charge in [-0.25, -0.2) is 0 Å². The summed E-state index contributed by atoms with van der Waals surface area (Å²) in [7, 11) is 4.11. The zero-order valence-electron chi connectivity index (χ0n) is 8.10. The van der Waals surface area contributed by atoms with Crippen molar-refractivity contribution in [3.63, 3.8) is 0 Å². The molecule has 0 aromatic heterocycles. The zero-order valence-corrected chi connectivity index (χ0v) is 8.00. The van der Waals surface area contributed by atoms with E-state index in [-0.39, 0.29) is 25.0 Å². The predicted molar refractivity (Wildman–Crippen MR) is 42.7 cm³/mol. The fourth-order valence-electron chi connectivity index (χ4n) is 0.774. The summed E-state index contributed by atoms with van der Waals surface area (Å²) in [5.74, 6) is 0. The number of hydrogen-bond donors (Lipinski definition) is 1. The third-order valence-corrected chi connectivity index (χ3v) is 0.845. The van der Waals surface area contributed by atoms with Crippen molar-refractivity contribution in [2.45, 2.75) is 18.6 Å². The van der Waals surface area contributed by atoms with Gasteiger partial charge in [0.1, 0.15) is 0 Å². The Morgan fingerprint density at radius 2 is 1.78 bits per heavy atom. The average Bonchev–Trinajstić information content (AvgIpc) is 1.21. The molecule has 0 unspecified atom stereocenters. The summed E-state index contributed by atoms with van der Waals surface area (Å²) < 4.78 is 0.142. The molecule has 0 fully saturated rings. The quantitative estimate of drug-likeness (QED) is 0.357. The van der Waals surface area contributed by atoms with Gasteiger partial charge in [0.2, 0.25) is 0 Å². The smallest absolute Gasteiger partial charge is 1.00 e. The van der Waals surface area contributed by atoms with Gasteiger partial charge in [-0.1, -0.05) is 0 Å². The minimum atomic E-state index is 0. The van der Waals surface area contributed by atoms with E-state index >= 15 is 0 Å². The number of hydrogen-bond acceptors (Lipinski definition) is 2. The van der Waals surface area contributed by atoms with Crippen molar-refractivity contribution in [1.82, 2.24) is 4.90 Å². The van der Waals surface area contributed by atoms with E-state index in [1.54, 1.807) is 0 Å². The van der Waals surface area contributed by atoms with Crippen LogP contribution in [-0.4, -0.2) is 30.3 Å². The first kappa shape index (κ1) is 12.6. The molecule has 0 saturated heterocycles. The van der Waals surface area contributed by atoms with E-state index in [1.165, 1.54) is 0 Å². The van der Waals surface area contributed by atoms with Gasteiger partial charge in [0.05, 0.1) is 0 Å². The van der Waals surface area contributed by atoms with E-state index in [4.69, 9.17) is 0 Å². The summed E-state index contributed by atoms with van der Waals surface area (Å²) in [6, 6.07) is 0. The third-order valence-electron chi connectivity index (χ3n) is 0.703. The van der Waals surface area contributed by atoms with Crippen molar-refractivity contribution in [3.05, 3.63) is 0 Å². The van der Waals surface area contributed by atoms with Crippen LogP contribution < -0.4 is 18.9 Å². The van der Waals surface area contributed by atoms with Crippen LogP contribution in [0, 0.1) is 0 Å². The number of thiol groups is 1. The van der Waals surface area contributed by atoms with Crippen LogP contribution in [-0.2, 0) is 0 Å². The summed E-state index contributed by atoms with van der Waals surface area (Å²) in [4.78, 5) is 2.13. The molecule has 0 aromatic rings. The summed E-state index contributed by atoms with van der Waals surface area (Å²) in [5.41, 5.74) is 0. The summed E-state index contributed by atoms with van der Waals surface area (Å²) in [6.45, 7) is 5.24. The molecule has 1 nitrogen and oxygen atoms in total. The molecule has 0 N–H and O–H groups in total. The molecule has 0 amide bonds. The molecule has 0 rings (SSSR count). The van der Waals surface area contributed by atoms with E-state index in [0.29, 0.717) is 0 Å². The molecule has 52 valence electrons. The molecule has 0 aliphatic carbocycles. The first-order valence-corrected chi connectivity index (χ1v) is 3.24. The number of nitrogens with zero attached hydrogens (tertiary/aromatic N) is 1. The van der Waals surface area contributed by atoms with E-state index in [2.05, 4.69) is 45.5 Å². The Morgan fingerprint density at radius 1 is 1.44 bits per heavy atom. The maximum Gasteiger partial charge on any atom is 1.00 e. The standard InChI is InChI=1S/C6H15NS.Li.H/c1-6(2,8)5-7(3)4;;/h8H,5H2,1-4H3;;/q;+1;-1. The van der Waals surface area contributed by atoms with Crippen molar-refractivity contribution in [1.29, 1.82) is 0 Å². The minimum Gasteiger partial charge on any atom is -1.00 e. The molecule has 9 heavy (non-hydrogen) atoms. The molecule has 0 aliphatic heterocycles. The van der Waals surface area contributed by atoms with E-state index in [1.807, 2.05) is 0 Å². The van der Waals surface area contributed by atoms with Crippen LogP contribution in [0.25, 0.3) is 0 Å². The van der Waals surface area contributed by atoms with Gasteiger partial charge in [-0.05, 0) is 27.9 Å². The fraction of sp³-hybridized carbons (Fsp3) is 1.00. The van der Waals surface area contributed by atoms with Gasteiger partial charge in [0.25, 0.3) is 0 Å². The van der Waals surface area contributed by atoms with Crippen molar-refractivity contribution < 1.29 is 20.3 Å². The second-order valence-corrected chi connectivity index (χ2v) is 4.26.